The van der Waals surface area contributed by atoms with E-state index in [1.165, 1.54) is 6.08 Å². The van der Waals surface area contributed by atoms with E-state index in [1.807, 2.05) is 19.9 Å². The Balaban J connectivity index is 1.97. The molecule has 0 saturated heterocycles. The van der Waals surface area contributed by atoms with Crippen molar-refractivity contribution in [2.75, 3.05) is 6.61 Å². The molecular weight excluding hydrogens is 306 g/mol. The fourth-order valence-corrected chi connectivity index (χ4v) is 2.32. The minimum Gasteiger partial charge on any atom is -0.507 e. The lowest BCUT2D eigenvalue weighted by Gasteiger charge is -2.04. The molecule has 0 aliphatic carbocycles. The van der Waals surface area contributed by atoms with Gasteiger partial charge in [0.25, 0.3) is 0 Å². The standard InChI is InChI=1S/C19H17NO4/c1-3-23-14-7-5-13(6-8-14)17(21)11-16-19(22)24-18-10-12(2)4-9-15(18)20-16/h4-11,21H,3H2,1-2H3/b17-11-. The second kappa shape index (κ2) is 6.58. The molecule has 1 N–H and O–H groups in total. The zero-order valence-electron chi connectivity index (χ0n) is 13.4. The zero-order chi connectivity index (χ0) is 17.1. The van der Waals surface area contributed by atoms with Crippen LogP contribution in [0.4, 0.5) is 0 Å². The van der Waals surface area contributed by atoms with Crippen molar-refractivity contribution in [3.63, 3.8) is 0 Å². The third-order valence-corrected chi connectivity index (χ3v) is 3.50. The number of benzene rings is 2. The normalized spacial score (nSPS) is 11.7. The minimum atomic E-state index is -0.592. The van der Waals surface area contributed by atoms with Crippen LogP contribution in [0.25, 0.3) is 22.9 Å². The molecule has 122 valence electrons. The first-order valence-electron chi connectivity index (χ1n) is 7.62. The molecule has 0 amide bonds. The topological polar surface area (TPSA) is 72.6 Å². The van der Waals surface area contributed by atoms with E-state index in [9.17, 15) is 9.90 Å². The summed E-state index contributed by atoms with van der Waals surface area (Å²) in [6.45, 7) is 4.38. The van der Waals surface area contributed by atoms with E-state index in [0.717, 1.165) is 5.56 Å². The van der Waals surface area contributed by atoms with E-state index < -0.39 is 5.63 Å². The fourth-order valence-electron chi connectivity index (χ4n) is 2.32. The van der Waals surface area contributed by atoms with Crippen LogP contribution in [0.2, 0.25) is 0 Å². The largest absolute Gasteiger partial charge is 0.507 e. The molecule has 0 aliphatic rings. The lowest BCUT2D eigenvalue weighted by atomic mass is 10.1. The second-order valence-corrected chi connectivity index (χ2v) is 5.34. The van der Waals surface area contributed by atoms with Crippen molar-refractivity contribution >= 4 is 22.9 Å². The molecule has 2 aromatic carbocycles. The molecule has 0 aliphatic heterocycles. The molecule has 0 fully saturated rings. The molecule has 0 saturated carbocycles. The van der Waals surface area contributed by atoms with Gasteiger partial charge in [0.2, 0.25) is 0 Å². The van der Waals surface area contributed by atoms with Gasteiger partial charge in [-0.05, 0) is 55.8 Å². The van der Waals surface area contributed by atoms with E-state index in [0.29, 0.717) is 29.0 Å². The predicted molar refractivity (Wildman–Crippen MR) is 93.1 cm³/mol. The SMILES string of the molecule is CCOc1ccc(/C(O)=C/c2nc3ccc(C)cc3oc2=O)cc1. The van der Waals surface area contributed by atoms with Crippen LogP contribution in [0.15, 0.2) is 51.7 Å². The minimum absolute atomic E-state index is 0.0535. The maximum Gasteiger partial charge on any atom is 0.362 e. The molecule has 1 heterocycles. The number of rotatable bonds is 4. The van der Waals surface area contributed by atoms with Gasteiger partial charge in [-0.25, -0.2) is 9.78 Å². The average molecular weight is 323 g/mol. The quantitative estimate of drug-likeness (QED) is 0.736. The van der Waals surface area contributed by atoms with Crippen molar-refractivity contribution < 1.29 is 14.3 Å². The van der Waals surface area contributed by atoms with Gasteiger partial charge in [-0.1, -0.05) is 6.07 Å². The first kappa shape index (κ1) is 15.8. The molecule has 24 heavy (non-hydrogen) atoms. The molecule has 0 atom stereocenters. The fraction of sp³-hybridized carbons (Fsp3) is 0.158. The molecule has 5 heteroatoms. The summed E-state index contributed by atoms with van der Waals surface area (Å²) in [6.07, 6.45) is 1.31. The van der Waals surface area contributed by atoms with Crippen molar-refractivity contribution in [3.8, 4) is 5.75 Å². The molecule has 1 aromatic heterocycles. The van der Waals surface area contributed by atoms with E-state index in [2.05, 4.69) is 4.98 Å². The Bertz CT molecular complexity index is 955. The number of aromatic nitrogens is 1. The van der Waals surface area contributed by atoms with Crippen LogP contribution in [0, 0.1) is 6.92 Å². The number of nitrogens with zero attached hydrogens (tertiary/aromatic N) is 1. The average Bonchev–Trinajstić information content (AvgIpc) is 2.56. The van der Waals surface area contributed by atoms with Crippen LogP contribution < -0.4 is 10.4 Å². The molecular formula is C19H17NO4. The van der Waals surface area contributed by atoms with E-state index in [-0.39, 0.29) is 11.5 Å². The van der Waals surface area contributed by atoms with Crippen LogP contribution in [-0.4, -0.2) is 16.7 Å². The zero-order valence-corrected chi connectivity index (χ0v) is 13.4. The van der Waals surface area contributed by atoms with Gasteiger partial charge < -0.3 is 14.3 Å². The number of aryl methyl sites for hydroxylation is 1. The summed E-state index contributed by atoms with van der Waals surface area (Å²) in [4.78, 5) is 16.3. The van der Waals surface area contributed by atoms with Crippen molar-refractivity contribution in [1.82, 2.24) is 4.98 Å². The molecule has 0 unspecified atom stereocenters. The summed E-state index contributed by atoms with van der Waals surface area (Å²) < 4.78 is 10.6. The van der Waals surface area contributed by atoms with Crippen molar-refractivity contribution in [2.45, 2.75) is 13.8 Å². The highest BCUT2D eigenvalue weighted by Gasteiger charge is 2.08. The maximum atomic E-state index is 12.0. The van der Waals surface area contributed by atoms with Gasteiger partial charge in [0.1, 0.15) is 17.0 Å². The summed E-state index contributed by atoms with van der Waals surface area (Å²) in [7, 11) is 0. The predicted octanol–water partition coefficient (Wildman–Crippen LogP) is 3.95. The summed E-state index contributed by atoms with van der Waals surface area (Å²) in [6, 6.07) is 12.3. The number of hydrogen-bond acceptors (Lipinski definition) is 5. The molecule has 0 spiro atoms. The third kappa shape index (κ3) is 3.30. The van der Waals surface area contributed by atoms with Crippen molar-refractivity contribution in [2.24, 2.45) is 0 Å². The lowest BCUT2D eigenvalue weighted by Crippen LogP contribution is -2.06. The number of hydrogen-bond donors (Lipinski definition) is 1. The Morgan fingerprint density at radius 3 is 2.71 bits per heavy atom. The molecule has 0 bridgehead atoms. The van der Waals surface area contributed by atoms with Crippen LogP contribution in [-0.2, 0) is 0 Å². The highest BCUT2D eigenvalue weighted by atomic mass is 16.5. The summed E-state index contributed by atoms with van der Waals surface area (Å²) in [5.74, 6) is 0.650. The Labute approximate surface area is 138 Å². The number of fused-ring (bicyclic) bond motifs is 1. The van der Waals surface area contributed by atoms with Gasteiger partial charge in [0.05, 0.1) is 6.61 Å². The van der Waals surface area contributed by atoms with Crippen LogP contribution >= 0.6 is 0 Å². The Hall–Kier alpha value is -3.08. The monoisotopic (exact) mass is 323 g/mol. The van der Waals surface area contributed by atoms with Crippen molar-refractivity contribution in [1.29, 1.82) is 0 Å². The first-order valence-corrected chi connectivity index (χ1v) is 7.62. The van der Waals surface area contributed by atoms with Crippen LogP contribution in [0.1, 0.15) is 23.7 Å². The van der Waals surface area contributed by atoms with Gasteiger partial charge in [-0.3, -0.25) is 0 Å². The van der Waals surface area contributed by atoms with E-state index in [1.54, 1.807) is 36.4 Å². The Morgan fingerprint density at radius 1 is 1.25 bits per heavy atom. The van der Waals surface area contributed by atoms with Gasteiger partial charge >= 0.3 is 5.63 Å². The van der Waals surface area contributed by atoms with E-state index >= 15 is 0 Å². The van der Waals surface area contributed by atoms with Crippen LogP contribution in [0.5, 0.6) is 5.75 Å². The number of ether oxygens (including phenoxy) is 1. The molecule has 3 aromatic rings. The first-order chi connectivity index (χ1) is 11.6. The highest BCUT2D eigenvalue weighted by Crippen LogP contribution is 2.19. The summed E-state index contributed by atoms with van der Waals surface area (Å²) >= 11 is 0. The summed E-state index contributed by atoms with van der Waals surface area (Å²) in [5.41, 5.74) is 1.99. The van der Waals surface area contributed by atoms with Gasteiger partial charge in [-0.2, -0.15) is 0 Å². The van der Waals surface area contributed by atoms with Crippen LogP contribution in [0.3, 0.4) is 0 Å². The third-order valence-electron chi connectivity index (χ3n) is 3.50. The Morgan fingerprint density at radius 2 is 2.00 bits per heavy atom. The highest BCUT2D eigenvalue weighted by molar-refractivity contribution is 5.78. The summed E-state index contributed by atoms with van der Waals surface area (Å²) in [5, 5.41) is 10.2. The second-order valence-electron chi connectivity index (χ2n) is 5.34. The lowest BCUT2D eigenvalue weighted by molar-refractivity contribution is 0.340. The van der Waals surface area contributed by atoms with Gasteiger partial charge in [0, 0.05) is 11.6 Å². The molecule has 0 radical (unpaired) electrons. The number of aliphatic hydroxyl groups is 1. The van der Waals surface area contributed by atoms with Gasteiger partial charge in [-0.15, -0.1) is 0 Å². The number of aliphatic hydroxyl groups excluding tert-OH is 1. The smallest absolute Gasteiger partial charge is 0.362 e. The molecule has 3 rings (SSSR count). The van der Waals surface area contributed by atoms with Crippen molar-refractivity contribution in [3.05, 3.63) is 69.7 Å². The van der Waals surface area contributed by atoms with Gasteiger partial charge in [0.15, 0.2) is 11.3 Å². The Kier molecular flexibility index (Phi) is 4.33. The molecule has 5 nitrogen and oxygen atoms in total. The maximum absolute atomic E-state index is 12.0. The van der Waals surface area contributed by atoms with E-state index in [4.69, 9.17) is 9.15 Å².